The van der Waals surface area contributed by atoms with Crippen molar-refractivity contribution in [3.8, 4) is 11.1 Å². The standard InChI is InChI=1S/C27H24N2O6/c30-24(29-13-16-11-27(16,15-29)25(31)32)23-10-9-17(35-23)12-28-26(33)34-14-22-20-7-3-1-5-18(20)19-6-2-4-8-21(19)22/h1-10,16,22H,11-15H2,(H,28,33)(H,31,32). The third-order valence-electron chi connectivity index (χ3n) is 7.48. The number of benzene rings is 2. The molecule has 3 aromatic rings. The van der Waals surface area contributed by atoms with E-state index in [0.29, 0.717) is 18.7 Å². The molecule has 1 saturated heterocycles. The summed E-state index contributed by atoms with van der Waals surface area (Å²) in [5, 5.41) is 12.1. The molecule has 35 heavy (non-hydrogen) atoms. The zero-order chi connectivity index (χ0) is 24.2. The predicted molar refractivity (Wildman–Crippen MR) is 125 cm³/mol. The number of amides is 2. The maximum absolute atomic E-state index is 12.7. The van der Waals surface area contributed by atoms with E-state index in [4.69, 9.17) is 9.15 Å². The normalized spacial score (nSPS) is 21.7. The molecule has 2 N–H and O–H groups in total. The van der Waals surface area contributed by atoms with Crippen LogP contribution in [0.2, 0.25) is 0 Å². The molecule has 0 bridgehead atoms. The van der Waals surface area contributed by atoms with Gasteiger partial charge in [-0.1, -0.05) is 48.5 Å². The monoisotopic (exact) mass is 472 g/mol. The second-order valence-corrected chi connectivity index (χ2v) is 9.49. The van der Waals surface area contributed by atoms with E-state index in [9.17, 15) is 19.5 Å². The number of carboxylic acids is 1. The van der Waals surface area contributed by atoms with Crippen LogP contribution in [0.5, 0.6) is 0 Å². The molecule has 2 heterocycles. The number of furan rings is 1. The summed E-state index contributed by atoms with van der Waals surface area (Å²) in [6.07, 6.45) is 0.0544. The van der Waals surface area contributed by atoms with E-state index in [2.05, 4.69) is 29.6 Å². The lowest BCUT2D eigenvalue weighted by Gasteiger charge is -2.18. The number of hydrogen-bond donors (Lipinski definition) is 2. The van der Waals surface area contributed by atoms with Gasteiger partial charge >= 0.3 is 12.1 Å². The fourth-order valence-electron chi connectivity index (χ4n) is 5.52. The lowest BCUT2D eigenvalue weighted by Crippen LogP contribution is -2.33. The smallest absolute Gasteiger partial charge is 0.407 e. The molecule has 2 fully saturated rings. The molecular formula is C27H24N2O6. The minimum absolute atomic E-state index is 0.0219. The first-order valence-electron chi connectivity index (χ1n) is 11.7. The Balaban J connectivity index is 1.03. The molecule has 1 aromatic heterocycles. The fraction of sp³-hybridized carbons (Fsp3) is 0.296. The Kier molecular flexibility index (Phi) is 4.91. The molecule has 2 atom stereocenters. The molecule has 0 radical (unpaired) electrons. The highest BCUT2D eigenvalue weighted by Crippen LogP contribution is 2.58. The van der Waals surface area contributed by atoms with Gasteiger partial charge in [-0.25, -0.2) is 4.79 Å². The lowest BCUT2D eigenvalue weighted by molar-refractivity contribution is -0.143. The average molecular weight is 472 g/mol. The van der Waals surface area contributed by atoms with Crippen LogP contribution in [-0.2, 0) is 16.1 Å². The van der Waals surface area contributed by atoms with Crippen LogP contribution in [0.25, 0.3) is 11.1 Å². The quantitative estimate of drug-likeness (QED) is 0.564. The van der Waals surface area contributed by atoms with Crippen molar-refractivity contribution in [2.24, 2.45) is 11.3 Å². The van der Waals surface area contributed by atoms with Gasteiger partial charge in [0.2, 0.25) is 0 Å². The zero-order valence-corrected chi connectivity index (χ0v) is 18.9. The number of likely N-dealkylation sites (tertiary alicyclic amines) is 1. The summed E-state index contributed by atoms with van der Waals surface area (Å²) in [7, 11) is 0. The summed E-state index contributed by atoms with van der Waals surface area (Å²) in [5.74, 6) is -0.624. The van der Waals surface area contributed by atoms with Crippen molar-refractivity contribution in [3.63, 3.8) is 0 Å². The molecule has 8 heteroatoms. The van der Waals surface area contributed by atoms with Crippen molar-refractivity contribution in [2.75, 3.05) is 19.7 Å². The van der Waals surface area contributed by atoms with Gasteiger partial charge in [-0.15, -0.1) is 0 Å². The van der Waals surface area contributed by atoms with E-state index in [1.165, 1.54) is 4.90 Å². The number of fused-ring (bicyclic) bond motifs is 4. The van der Waals surface area contributed by atoms with Gasteiger partial charge in [0.1, 0.15) is 12.4 Å². The molecule has 2 amide bonds. The molecule has 2 aromatic carbocycles. The molecular weight excluding hydrogens is 448 g/mol. The molecule has 6 rings (SSSR count). The Bertz CT molecular complexity index is 1300. The Morgan fingerprint density at radius 2 is 1.71 bits per heavy atom. The number of nitrogens with zero attached hydrogens (tertiary/aromatic N) is 1. The van der Waals surface area contributed by atoms with Crippen LogP contribution < -0.4 is 5.32 Å². The predicted octanol–water partition coefficient (Wildman–Crippen LogP) is 3.87. The van der Waals surface area contributed by atoms with Crippen molar-refractivity contribution in [3.05, 3.63) is 83.3 Å². The Morgan fingerprint density at radius 1 is 1.03 bits per heavy atom. The highest BCUT2D eigenvalue weighted by Gasteiger charge is 2.66. The van der Waals surface area contributed by atoms with Gasteiger partial charge in [-0.3, -0.25) is 9.59 Å². The van der Waals surface area contributed by atoms with E-state index in [-0.39, 0.29) is 43.2 Å². The number of ether oxygens (including phenoxy) is 1. The van der Waals surface area contributed by atoms with Gasteiger partial charge in [-0.05, 0) is 46.7 Å². The van der Waals surface area contributed by atoms with Gasteiger partial charge in [-0.2, -0.15) is 0 Å². The van der Waals surface area contributed by atoms with Crippen LogP contribution >= 0.6 is 0 Å². The number of carbonyl (C=O) groups is 3. The molecule has 2 aliphatic carbocycles. The van der Waals surface area contributed by atoms with Gasteiger partial charge in [0, 0.05) is 19.0 Å². The molecule has 2 unspecified atom stereocenters. The van der Waals surface area contributed by atoms with Gasteiger partial charge < -0.3 is 24.5 Å². The van der Waals surface area contributed by atoms with Gasteiger partial charge in [0.05, 0.1) is 12.0 Å². The molecule has 0 spiro atoms. The van der Waals surface area contributed by atoms with Crippen LogP contribution in [0.15, 0.2) is 65.1 Å². The van der Waals surface area contributed by atoms with Crippen molar-refractivity contribution < 1.29 is 28.6 Å². The molecule has 8 nitrogen and oxygen atoms in total. The third kappa shape index (κ3) is 3.56. The first-order valence-corrected chi connectivity index (χ1v) is 11.7. The van der Waals surface area contributed by atoms with Crippen molar-refractivity contribution in [1.82, 2.24) is 10.2 Å². The second-order valence-electron chi connectivity index (χ2n) is 9.49. The SMILES string of the molecule is O=C(NCc1ccc(C(=O)N2CC3CC3(C(=O)O)C2)o1)OCC1c2ccccc2-c2ccccc21. The van der Waals surface area contributed by atoms with Gasteiger partial charge in [0.25, 0.3) is 5.91 Å². The number of piperidine rings is 1. The number of aliphatic carboxylic acids is 1. The van der Waals surface area contributed by atoms with E-state index >= 15 is 0 Å². The minimum Gasteiger partial charge on any atom is -0.481 e. The van der Waals surface area contributed by atoms with Crippen LogP contribution in [-0.4, -0.2) is 47.7 Å². The Morgan fingerprint density at radius 3 is 2.37 bits per heavy atom. The summed E-state index contributed by atoms with van der Waals surface area (Å²) in [4.78, 5) is 38.1. The maximum Gasteiger partial charge on any atom is 0.407 e. The van der Waals surface area contributed by atoms with Crippen LogP contribution in [0, 0.1) is 11.3 Å². The minimum atomic E-state index is -0.842. The van der Waals surface area contributed by atoms with Gasteiger partial charge in [0.15, 0.2) is 5.76 Å². The summed E-state index contributed by atoms with van der Waals surface area (Å²) < 4.78 is 11.1. The first-order chi connectivity index (χ1) is 17.0. The van der Waals surface area contributed by atoms with Crippen molar-refractivity contribution >= 4 is 18.0 Å². The summed E-state index contributed by atoms with van der Waals surface area (Å²) in [5.41, 5.74) is 3.82. The highest BCUT2D eigenvalue weighted by molar-refractivity contribution is 5.93. The van der Waals surface area contributed by atoms with E-state index in [1.807, 2.05) is 24.3 Å². The van der Waals surface area contributed by atoms with Crippen LogP contribution in [0.1, 0.15) is 39.8 Å². The molecule has 178 valence electrons. The number of alkyl carbamates (subject to hydrolysis) is 1. The van der Waals surface area contributed by atoms with E-state index in [0.717, 1.165) is 22.3 Å². The number of rotatable bonds is 6. The van der Waals surface area contributed by atoms with Crippen LogP contribution in [0.4, 0.5) is 4.79 Å². The largest absolute Gasteiger partial charge is 0.481 e. The van der Waals surface area contributed by atoms with E-state index < -0.39 is 17.5 Å². The lowest BCUT2D eigenvalue weighted by atomic mass is 9.98. The molecule has 3 aliphatic rings. The zero-order valence-electron chi connectivity index (χ0n) is 18.9. The summed E-state index contributed by atoms with van der Waals surface area (Å²) in [6, 6.07) is 19.4. The molecule has 1 aliphatic heterocycles. The van der Waals surface area contributed by atoms with Crippen LogP contribution in [0.3, 0.4) is 0 Å². The van der Waals surface area contributed by atoms with Crippen molar-refractivity contribution in [1.29, 1.82) is 0 Å². The Hall–Kier alpha value is -4.07. The summed E-state index contributed by atoms with van der Waals surface area (Å²) in [6.45, 7) is 0.924. The topological polar surface area (TPSA) is 109 Å². The second kappa shape index (κ2) is 8.01. The van der Waals surface area contributed by atoms with Crippen molar-refractivity contribution in [2.45, 2.75) is 18.9 Å². The maximum atomic E-state index is 12.7. The average Bonchev–Trinajstić information content (AvgIpc) is 3.21. The number of carbonyl (C=O) groups excluding carboxylic acids is 2. The summed E-state index contributed by atoms with van der Waals surface area (Å²) >= 11 is 0. The number of nitrogens with one attached hydrogen (secondary N) is 1. The Labute approximate surface area is 201 Å². The first kappa shape index (κ1) is 21.5. The fourth-order valence-corrected chi connectivity index (χ4v) is 5.52. The highest BCUT2D eigenvalue weighted by atomic mass is 16.5. The third-order valence-corrected chi connectivity index (χ3v) is 7.48. The van der Waals surface area contributed by atoms with E-state index in [1.54, 1.807) is 12.1 Å². The molecule has 1 saturated carbocycles. The number of hydrogen-bond acceptors (Lipinski definition) is 5. The number of carboxylic acid groups (broad SMARTS) is 1.